The molecule has 9 heteroatoms. The summed E-state index contributed by atoms with van der Waals surface area (Å²) >= 11 is 6.74. The molecule has 0 N–H and O–H groups in total. The fraction of sp³-hybridized carbons (Fsp3) is 0.600. The van der Waals surface area contributed by atoms with Gasteiger partial charge < -0.3 is 0 Å². The van der Waals surface area contributed by atoms with Gasteiger partial charge in [-0.1, -0.05) is 0 Å². The zero-order valence-corrected chi connectivity index (χ0v) is 12.0. The van der Waals surface area contributed by atoms with Crippen molar-refractivity contribution in [2.45, 2.75) is 35.8 Å². The molecule has 1 aromatic rings. The summed E-state index contributed by atoms with van der Waals surface area (Å²) in [7, 11) is -4.13. The Morgan fingerprint density at radius 1 is 1.42 bits per heavy atom. The number of rotatable bonds is 5. The van der Waals surface area contributed by atoms with Crippen molar-refractivity contribution in [1.82, 2.24) is 4.31 Å². The molecular formula is C10H11ClF3NO2S2. The lowest BCUT2D eigenvalue weighted by Crippen LogP contribution is -2.40. The van der Waals surface area contributed by atoms with Gasteiger partial charge in [0.2, 0.25) is 10.0 Å². The van der Waals surface area contributed by atoms with Crippen molar-refractivity contribution < 1.29 is 21.6 Å². The molecule has 0 amide bonds. The number of hydrogen-bond acceptors (Lipinski definition) is 3. The Morgan fingerprint density at radius 2 is 2.05 bits per heavy atom. The molecule has 0 radical (unpaired) electrons. The standard InChI is InChI=1S/C10H11ClF3NO2S2/c11-5-8-9(3-4-18-8)19(16,17)15(7-1-2-7)6-10(12,13)14/h3-4,7H,1-2,5-6H2. The first kappa shape index (κ1) is 15.1. The highest BCUT2D eigenvalue weighted by atomic mass is 35.5. The zero-order chi connectivity index (χ0) is 14.3. The van der Waals surface area contributed by atoms with E-state index >= 15 is 0 Å². The van der Waals surface area contributed by atoms with Crippen LogP contribution in [0.15, 0.2) is 16.3 Å². The molecule has 1 aromatic heterocycles. The van der Waals surface area contributed by atoms with Crippen LogP contribution in [-0.2, 0) is 15.9 Å². The third-order valence-corrected chi connectivity index (χ3v) is 6.16. The molecule has 0 saturated heterocycles. The summed E-state index contributed by atoms with van der Waals surface area (Å²) in [4.78, 5) is 0.262. The lowest BCUT2D eigenvalue weighted by atomic mass is 10.5. The van der Waals surface area contributed by atoms with Gasteiger partial charge in [0.1, 0.15) is 6.54 Å². The largest absolute Gasteiger partial charge is 0.402 e. The normalized spacial score (nSPS) is 17.1. The maximum Gasteiger partial charge on any atom is 0.402 e. The van der Waals surface area contributed by atoms with Crippen LogP contribution in [0.3, 0.4) is 0 Å². The van der Waals surface area contributed by atoms with E-state index in [9.17, 15) is 21.6 Å². The lowest BCUT2D eigenvalue weighted by molar-refractivity contribution is -0.137. The number of nitrogens with zero attached hydrogens (tertiary/aromatic N) is 1. The zero-order valence-electron chi connectivity index (χ0n) is 9.65. The third-order valence-electron chi connectivity index (χ3n) is 2.70. The summed E-state index contributed by atoms with van der Waals surface area (Å²) in [5.74, 6) is -0.0310. The van der Waals surface area contributed by atoms with Crippen LogP contribution in [0.4, 0.5) is 13.2 Å². The van der Waals surface area contributed by atoms with Crippen LogP contribution in [0.25, 0.3) is 0 Å². The summed E-state index contributed by atoms with van der Waals surface area (Å²) in [5, 5.41) is 1.52. The second kappa shape index (κ2) is 5.23. The molecular weight excluding hydrogens is 323 g/mol. The minimum atomic E-state index is -4.55. The first-order valence-electron chi connectivity index (χ1n) is 5.46. The van der Waals surface area contributed by atoms with Crippen LogP contribution in [0.5, 0.6) is 0 Å². The van der Waals surface area contributed by atoms with Crippen molar-refractivity contribution in [3.8, 4) is 0 Å². The van der Waals surface area contributed by atoms with Crippen molar-refractivity contribution in [1.29, 1.82) is 0 Å². The van der Waals surface area contributed by atoms with Crippen LogP contribution < -0.4 is 0 Å². The summed E-state index contributed by atoms with van der Waals surface area (Å²) in [6.07, 6.45) is -3.61. The predicted octanol–water partition coefficient (Wildman–Crippen LogP) is 3.20. The Hall–Kier alpha value is -0.310. The highest BCUT2D eigenvalue weighted by Crippen LogP contribution is 2.36. The summed E-state index contributed by atoms with van der Waals surface area (Å²) in [6, 6.07) is 0.762. The van der Waals surface area contributed by atoms with Gasteiger partial charge in [0, 0.05) is 10.9 Å². The fourth-order valence-electron chi connectivity index (χ4n) is 1.73. The van der Waals surface area contributed by atoms with Crippen LogP contribution >= 0.6 is 22.9 Å². The summed E-state index contributed by atoms with van der Waals surface area (Å²) < 4.78 is 62.7. The third kappa shape index (κ3) is 3.42. The molecule has 1 aliphatic carbocycles. The van der Waals surface area contributed by atoms with Gasteiger partial charge in [-0.25, -0.2) is 8.42 Å². The van der Waals surface area contributed by atoms with E-state index in [1.807, 2.05) is 0 Å². The number of sulfonamides is 1. The van der Waals surface area contributed by atoms with E-state index in [-0.39, 0.29) is 10.8 Å². The van der Waals surface area contributed by atoms with E-state index in [2.05, 4.69) is 0 Å². The molecule has 0 atom stereocenters. The summed E-state index contributed by atoms with van der Waals surface area (Å²) in [6.45, 7) is -1.45. The molecule has 0 spiro atoms. The Bertz CT molecular complexity index is 551. The van der Waals surface area contributed by atoms with Crippen molar-refractivity contribution in [3.05, 3.63) is 16.3 Å². The molecule has 0 aliphatic heterocycles. The molecule has 0 bridgehead atoms. The second-order valence-corrected chi connectivity index (χ2v) is 7.37. The molecule has 108 valence electrons. The average Bonchev–Trinajstić information content (AvgIpc) is 3.00. The number of thiophene rings is 1. The summed E-state index contributed by atoms with van der Waals surface area (Å²) in [5.41, 5.74) is 0. The van der Waals surface area contributed by atoms with E-state index < -0.39 is 28.8 Å². The van der Waals surface area contributed by atoms with Crippen molar-refractivity contribution >= 4 is 33.0 Å². The molecule has 1 saturated carbocycles. The van der Waals surface area contributed by atoms with Crippen molar-refractivity contribution in [3.63, 3.8) is 0 Å². The molecule has 3 nitrogen and oxygen atoms in total. The fourth-order valence-corrected chi connectivity index (χ4v) is 5.08. The Morgan fingerprint density at radius 3 is 2.53 bits per heavy atom. The Kier molecular flexibility index (Phi) is 4.15. The molecule has 0 aromatic carbocycles. The van der Waals surface area contributed by atoms with Crippen LogP contribution in [0, 0.1) is 0 Å². The molecule has 19 heavy (non-hydrogen) atoms. The SMILES string of the molecule is O=S(=O)(c1ccsc1CCl)N(CC(F)(F)F)C1CC1. The van der Waals surface area contributed by atoms with E-state index in [4.69, 9.17) is 11.6 Å². The maximum absolute atomic E-state index is 12.5. The first-order chi connectivity index (χ1) is 8.75. The highest BCUT2D eigenvalue weighted by Gasteiger charge is 2.45. The van der Waals surface area contributed by atoms with Gasteiger partial charge in [-0.05, 0) is 24.3 Å². The van der Waals surface area contributed by atoms with Gasteiger partial charge in [-0.2, -0.15) is 17.5 Å². The van der Waals surface area contributed by atoms with Gasteiger partial charge in [0.05, 0.1) is 10.8 Å². The number of hydrogen-bond donors (Lipinski definition) is 0. The second-order valence-electron chi connectivity index (χ2n) is 4.24. The van der Waals surface area contributed by atoms with Crippen LogP contribution in [0.2, 0.25) is 0 Å². The van der Waals surface area contributed by atoms with E-state index in [0.717, 1.165) is 11.3 Å². The van der Waals surface area contributed by atoms with Gasteiger partial charge in [0.25, 0.3) is 0 Å². The molecule has 1 aliphatic rings. The molecule has 2 rings (SSSR count). The Balaban J connectivity index is 2.35. The maximum atomic E-state index is 12.5. The van der Waals surface area contributed by atoms with Crippen molar-refractivity contribution in [2.75, 3.05) is 6.54 Å². The van der Waals surface area contributed by atoms with Crippen LogP contribution in [-0.4, -0.2) is 31.5 Å². The average molecular weight is 334 g/mol. The number of halogens is 4. The molecule has 1 fully saturated rings. The lowest BCUT2D eigenvalue weighted by Gasteiger charge is -2.23. The number of alkyl halides is 4. The minimum Gasteiger partial charge on any atom is -0.207 e. The highest BCUT2D eigenvalue weighted by molar-refractivity contribution is 7.89. The quantitative estimate of drug-likeness (QED) is 0.776. The first-order valence-corrected chi connectivity index (χ1v) is 8.32. The van der Waals surface area contributed by atoms with Gasteiger partial charge in [-0.15, -0.1) is 22.9 Å². The van der Waals surface area contributed by atoms with E-state index in [1.165, 1.54) is 11.4 Å². The molecule has 1 heterocycles. The Labute approximate surface area is 118 Å². The van der Waals surface area contributed by atoms with Gasteiger partial charge in [0.15, 0.2) is 0 Å². The molecule has 0 unspecified atom stereocenters. The monoisotopic (exact) mass is 333 g/mol. The van der Waals surface area contributed by atoms with Gasteiger partial charge >= 0.3 is 6.18 Å². The van der Waals surface area contributed by atoms with E-state index in [1.54, 1.807) is 0 Å². The topological polar surface area (TPSA) is 37.4 Å². The van der Waals surface area contributed by atoms with E-state index in [0.29, 0.717) is 22.0 Å². The van der Waals surface area contributed by atoms with Crippen LogP contribution in [0.1, 0.15) is 17.7 Å². The smallest absolute Gasteiger partial charge is 0.207 e. The van der Waals surface area contributed by atoms with Gasteiger partial charge in [-0.3, -0.25) is 0 Å². The predicted molar refractivity (Wildman–Crippen MR) is 66.8 cm³/mol. The minimum absolute atomic E-state index is 0.0310. The van der Waals surface area contributed by atoms with Crippen molar-refractivity contribution in [2.24, 2.45) is 0 Å².